The molecule has 1 aliphatic carbocycles. The van der Waals surface area contributed by atoms with Crippen LogP contribution < -0.4 is 0 Å². The van der Waals surface area contributed by atoms with Crippen LogP contribution >= 0.6 is 0 Å². The Labute approximate surface area is 233 Å². The summed E-state index contributed by atoms with van der Waals surface area (Å²) in [6, 6.07) is 16.1. The zero-order valence-electron chi connectivity index (χ0n) is 23.4. The van der Waals surface area contributed by atoms with Gasteiger partial charge in [0.1, 0.15) is 11.9 Å². The lowest BCUT2D eigenvalue weighted by molar-refractivity contribution is -0.145. The molecule has 5 rings (SSSR count). The number of likely N-dealkylation sites (tertiary alicyclic amines) is 2. The van der Waals surface area contributed by atoms with Crippen molar-refractivity contribution in [1.82, 2.24) is 9.80 Å². The number of hydrogen-bond acceptors (Lipinski definition) is 4. The van der Waals surface area contributed by atoms with Crippen molar-refractivity contribution in [2.75, 3.05) is 33.2 Å². The normalized spacial score (nSPS) is 22.2. The SMILES string of the molecule is CN1CCC(CCC(=O)c2ccc(F)cc2)CC1.O=C(O)[C@@H](C1CCCCC1)N1CCC(c2ccccc2)C1. The summed E-state index contributed by atoms with van der Waals surface area (Å²) in [6.07, 6.45) is 10.8. The van der Waals surface area contributed by atoms with Gasteiger partial charge in [-0.3, -0.25) is 14.5 Å². The van der Waals surface area contributed by atoms with Crippen molar-refractivity contribution in [3.05, 3.63) is 71.5 Å². The van der Waals surface area contributed by atoms with Crippen LogP contribution in [0.4, 0.5) is 4.39 Å². The largest absolute Gasteiger partial charge is 0.480 e. The molecule has 2 saturated heterocycles. The Bertz CT molecular complexity index is 1030. The van der Waals surface area contributed by atoms with E-state index in [1.165, 1.54) is 49.8 Å². The first-order valence-electron chi connectivity index (χ1n) is 14.9. The van der Waals surface area contributed by atoms with E-state index in [1.807, 2.05) is 6.07 Å². The Balaban J connectivity index is 0.000000183. The van der Waals surface area contributed by atoms with E-state index in [1.54, 1.807) is 12.1 Å². The first-order chi connectivity index (χ1) is 18.9. The third-order valence-corrected chi connectivity index (χ3v) is 9.02. The number of carboxylic acids is 1. The zero-order chi connectivity index (χ0) is 27.6. The minimum Gasteiger partial charge on any atom is -0.480 e. The van der Waals surface area contributed by atoms with Crippen LogP contribution in [0.2, 0.25) is 0 Å². The summed E-state index contributed by atoms with van der Waals surface area (Å²) in [4.78, 5) is 28.3. The number of Topliss-reactive ketones (excluding diaryl/α,β-unsaturated/α-hetero) is 1. The molecule has 0 amide bonds. The molecule has 1 unspecified atom stereocenters. The maximum Gasteiger partial charge on any atom is 0.321 e. The molecule has 2 aromatic carbocycles. The number of carbonyl (C=O) groups is 2. The van der Waals surface area contributed by atoms with Crippen LogP contribution in [0.1, 0.15) is 86.0 Å². The molecule has 3 fully saturated rings. The second kappa shape index (κ2) is 14.7. The van der Waals surface area contributed by atoms with Crippen LogP contribution in [-0.4, -0.2) is 65.9 Å². The highest BCUT2D eigenvalue weighted by Gasteiger charge is 2.38. The van der Waals surface area contributed by atoms with E-state index in [0.29, 0.717) is 29.7 Å². The molecule has 2 heterocycles. The molecule has 0 radical (unpaired) electrons. The number of aliphatic carboxylic acids is 1. The highest BCUT2D eigenvalue weighted by molar-refractivity contribution is 5.95. The van der Waals surface area contributed by atoms with Gasteiger partial charge in [-0.05, 0) is 113 Å². The molecule has 1 N–H and O–H groups in total. The molecule has 39 heavy (non-hydrogen) atoms. The van der Waals surface area contributed by atoms with E-state index in [0.717, 1.165) is 51.9 Å². The Morgan fingerprint density at radius 1 is 0.897 bits per heavy atom. The van der Waals surface area contributed by atoms with Gasteiger partial charge in [0.25, 0.3) is 0 Å². The van der Waals surface area contributed by atoms with Gasteiger partial charge in [0.15, 0.2) is 5.78 Å². The second-order valence-corrected chi connectivity index (χ2v) is 11.8. The van der Waals surface area contributed by atoms with Gasteiger partial charge in [0.05, 0.1) is 0 Å². The number of nitrogens with zero attached hydrogens (tertiary/aromatic N) is 2. The molecule has 0 bridgehead atoms. The number of rotatable bonds is 8. The Morgan fingerprint density at radius 3 is 2.21 bits per heavy atom. The predicted molar refractivity (Wildman–Crippen MR) is 154 cm³/mol. The van der Waals surface area contributed by atoms with E-state index in [9.17, 15) is 19.1 Å². The van der Waals surface area contributed by atoms with Gasteiger partial charge in [-0.1, -0.05) is 49.6 Å². The lowest BCUT2D eigenvalue weighted by Gasteiger charge is -2.33. The summed E-state index contributed by atoms with van der Waals surface area (Å²) in [5.74, 6) is 0.749. The van der Waals surface area contributed by atoms with Crippen LogP contribution in [0.3, 0.4) is 0 Å². The molecule has 0 spiro atoms. The third-order valence-electron chi connectivity index (χ3n) is 9.02. The molecule has 3 aliphatic rings. The van der Waals surface area contributed by atoms with Gasteiger partial charge in [-0.2, -0.15) is 0 Å². The summed E-state index contributed by atoms with van der Waals surface area (Å²) in [5.41, 5.74) is 1.98. The fourth-order valence-corrected chi connectivity index (χ4v) is 6.61. The second-order valence-electron chi connectivity index (χ2n) is 11.8. The number of carboxylic acid groups (broad SMARTS) is 1. The first-order valence-corrected chi connectivity index (χ1v) is 14.9. The van der Waals surface area contributed by atoms with Crippen LogP contribution in [0, 0.1) is 17.7 Å². The molecule has 6 heteroatoms. The zero-order valence-corrected chi connectivity index (χ0v) is 23.4. The molecule has 2 aromatic rings. The summed E-state index contributed by atoms with van der Waals surface area (Å²) >= 11 is 0. The maximum atomic E-state index is 12.7. The topological polar surface area (TPSA) is 60.9 Å². The Hall–Kier alpha value is -2.57. The van der Waals surface area contributed by atoms with Crippen molar-refractivity contribution in [1.29, 1.82) is 0 Å². The number of ketones is 1. The lowest BCUT2D eigenvalue weighted by Crippen LogP contribution is -2.45. The minimum atomic E-state index is -0.615. The molecule has 5 nitrogen and oxygen atoms in total. The van der Waals surface area contributed by atoms with Gasteiger partial charge in [-0.15, -0.1) is 0 Å². The van der Waals surface area contributed by atoms with E-state index in [4.69, 9.17) is 0 Å². The molecule has 0 aromatic heterocycles. The van der Waals surface area contributed by atoms with Crippen molar-refractivity contribution >= 4 is 11.8 Å². The first kappa shape index (κ1) is 29.4. The number of hydrogen-bond donors (Lipinski definition) is 1. The third kappa shape index (κ3) is 8.71. The highest BCUT2D eigenvalue weighted by atomic mass is 19.1. The number of carbonyl (C=O) groups excluding carboxylic acids is 1. The van der Waals surface area contributed by atoms with Gasteiger partial charge >= 0.3 is 5.97 Å². The predicted octanol–water partition coefficient (Wildman–Crippen LogP) is 6.64. The van der Waals surface area contributed by atoms with Crippen LogP contribution in [0.15, 0.2) is 54.6 Å². The van der Waals surface area contributed by atoms with Gasteiger partial charge < -0.3 is 10.0 Å². The van der Waals surface area contributed by atoms with Crippen molar-refractivity contribution in [3.63, 3.8) is 0 Å². The molecule has 1 saturated carbocycles. The molecular formula is C33H45FN2O3. The number of benzene rings is 2. The maximum absolute atomic E-state index is 12.7. The number of piperidine rings is 1. The van der Waals surface area contributed by atoms with E-state index in [-0.39, 0.29) is 17.6 Å². The fourth-order valence-electron chi connectivity index (χ4n) is 6.61. The standard InChI is InChI=1S/C18H25NO2.C15H20FNO/c20-18(21)17(15-9-5-2-6-10-15)19-12-11-16(13-19)14-7-3-1-4-8-14;1-17-10-8-12(9-11-17)2-7-15(18)13-3-5-14(16)6-4-13/h1,3-4,7-8,15-17H,2,5-6,9-13H2,(H,20,21);3-6,12H,2,7-11H2,1H3/t16?,17-;/m1./s1. The van der Waals surface area contributed by atoms with Gasteiger partial charge in [0.2, 0.25) is 0 Å². The highest BCUT2D eigenvalue weighted by Crippen LogP contribution is 2.34. The summed E-state index contributed by atoms with van der Waals surface area (Å²) in [7, 11) is 2.14. The minimum absolute atomic E-state index is 0.133. The Kier molecular flexibility index (Phi) is 11.1. The average molecular weight is 537 g/mol. The monoisotopic (exact) mass is 536 g/mol. The van der Waals surface area contributed by atoms with Crippen LogP contribution in [0.25, 0.3) is 0 Å². The lowest BCUT2D eigenvalue weighted by atomic mass is 9.83. The van der Waals surface area contributed by atoms with E-state index < -0.39 is 5.97 Å². The van der Waals surface area contributed by atoms with Crippen molar-refractivity contribution in [3.8, 4) is 0 Å². The van der Waals surface area contributed by atoms with Crippen LogP contribution in [0.5, 0.6) is 0 Å². The summed E-state index contributed by atoms with van der Waals surface area (Å²) in [6.45, 7) is 4.09. The quantitative estimate of drug-likeness (QED) is 0.383. The average Bonchev–Trinajstić information content (AvgIpc) is 3.44. The summed E-state index contributed by atoms with van der Waals surface area (Å²) in [5, 5.41) is 9.70. The van der Waals surface area contributed by atoms with Gasteiger partial charge in [0, 0.05) is 18.5 Å². The molecular weight excluding hydrogens is 491 g/mol. The molecule has 212 valence electrons. The van der Waals surface area contributed by atoms with Crippen LogP contribution in [-0.2, 0) is 4.79 Å². The molecule has 2 aliphatic heterocycles. The van der Waals surface area contributed by atoms with E-state index >= 15 is 0 Å². The van der Waals surface area contributed by atoms with Gasteiger partial charge in [-0.25, -0.2) is 4.39 Å². The number of halogens is 1. The van der Waals surface area contributed by atoms with Crippen molar-refractivity contribution < 1.29 is 19.1 Å². The van der Waals surface area contributed by atoms with Crippen molar-refractivity contribution in [2.45, 2.75) is 76.2 Å². The smallest absolute Gasteiger partial charge is 0.321 e. The molecule has 2 atom stereocenters. The fraction of sp³-hybridized carbons (Fsp3) is 0.576. The Morgan fingerprint density at radius 2 is 1.56 bits per heavy atom. The van der Waals surface area contributed by atoms with Crippen molar-refractivity contribution in [2.24, 2.45) is 11.8 Å². The van der Waals surface area contributed by atoms with E-state index in [2.05, 4.69) is 41.1 Å². The summed E-state index contributed by atoms with van der Waals surface area (Å²) < 4.78 is 12.7.